The van der Waals surface area contributed by atoms with Crippen molar-refractivity contribution < 1.29 is 0 Å². The molecule has 1 aliphatic heterocycles. The number of rotatable bonds is 5. The molecular formula is C18H27N3. The van der Waals surface area contributed by atoms with Gasteiger partial charge in [-0.3, -0.25) is 9.80 Å². The molecule has 1 heterocycles. The molecule has 114 valence electrons. The maximum atomic E-state index is 9.63. The molecule has 3 heteroatoms. The van der Waals surface area contributed by atoms with Crippen LogP contribution in [-0.4, -0.2) is 42.0 Å². The average molecular weight is 285 g/mol. The molecule has 0 saturated carbocycles. The molecule has 0 aromatic heterocycles. The molecule has 2 rings (SSSR count). The van der Waals surface area contributed by atoms with Gasteiger partial charge in [0, 0.05) is 25.7 Å². The van der Waals surface area contributed by atoms with E-state index in [4.69, 9.17) is 0 Å². The standard InChI is InChI=1S/C18H27N3/c1-4-15-7-9-16(10-8-15)18(13-19)21-12-11-20(6-3)17(5-2)14-21/h7-10,17-18H,4-6,11-12,14H2,1-3H3. The zero-order valence-corrected chi connectivity index (χ0v) is 13.5. The lowest BCUT2D eigenvalue weighted by Gasteiger charge is -2.42. The van der Waals surface area contributed by atoms with E-state index in [1.165, 1.54) is 5.56 Å². The van der Waals surface area contributed by atoms with Crippen LogP contribution in [0.5, 0.6) is 0 Å². The Morgan fingerprint density at radius 3 is 2.43 bits per heavy atom. The molecular weight excluding hydrogens is 258 g/mol. The van der Waals surface area contributed by atoms with Crippen molar-refractivity contribution in [3.63, 3.8) is 0 Å². The lowest BCUT2D eigenvalue weighted by Crippen LogP contribution is -2.53. The molecule has 0 spiro atoms. The minimum atomic E-state index is -0.107. The van der Waals surface area contributed by atoms with Gasteiger partial charge in [0.15, 0.2) is 0 Å². The Morgan fingerprint density at radius 1 is 1.19 bits per heavy atom. The van der Waals surface area contributed by atoms with Crippen LogP contribution in [-0.2, 0) is 6.42 Å². The molecule has 0 amide bonds. The summed E-state index contributed by atoms with van der Waals surface area (Å²) in [6, 6.07) is 11.5. The van der Waals surface area contributed by atoms with Crippen LogP contribution in [0.15, 0.2) is 24.3 Å². The Kier molecular flexibility index (Phi) is 5.78. The molecule has 1 aromatic rings. The molecule has 1 fully saturated rings. The topological polar surface area (TPSA) is 30.3 Å². The van der Waals surface area contributed by atoms with Gasteiger partial charge in [-0.2, -0.15) is 5.26 Å². The van der Waals surface area contributed by atoms with Crippen molar-refractivity contribution in [2.24, 2.45) is 0 Å². The van der Waals surface area contributed by atoms with Crippen LogP contribution in [0.2, 0.25) is 0 Å². The minimum absolute atomic E-state index is 0.107. The Hall–Kier alpha value is -1.37. The number of piperazine rings is 1. The Labute approximate surface area is 129 Å². The second kappa shape index (κ2) is 7.59. The van der Waals surface area contributed by atoms with E-state index in [2.05, 4.69) is 60.9 Å². The molecule has 0 N–H and O–H groups in total. The fraction of sp³-hybridized carbons (Fsp3) is 0.611. The average Bonchev–Trinajstić information content (AvgIpc) is 2.56. The van der Waals surface area contributed by atoms with E-state index in [1.807, 2.05) is 0 Å². The number of hydrogen-bond donors (Lipinski definition) is 0. The SMILES string of the molecule is CCc1ccc(C(C#N)N2CCN(CC)C(CC)C2)cc1. The highest BCUT2D eigenvalue weighted by Gasteiger charge is 2.29. The first kappa shape index (κ1) is 16.0. The fourth-order valence-electron chi connectivity index (χ4n) is 3.26. The van der Waals surface area contributed by atoms with Gasteiger partial charge in [0.05, 0.1) is 6.07 Å². The summed E-state index contributed by atoms with van der Waals surface area (Å²) in [5.74, 6) is 0. The number of benzene rings is 1. The summed E-state index contributed by atoms with van der Waals surface area (Å²) in [7, 11) is 0. The fourth-order valence-corrected chi connectivity index (χ4v) is 3.26. The van der Waals surface area contributed by atoms with E-state index < -0.39 is 0 Å². The Bertz CT molecular complexity index is 474. The predicted molar refractivity (Wildman–Crippen MR) is 87.1 cm³/mol. The summed E-state index contributed by atoms with van der Waals surface area (Å²) < 4.78 is 0. The van der Waals surface area contributed by atoms with E-state index in [-0.39, 0.29) is 6.04 Å². The largest absolute Gasteiger partial charge is 0.298 e. The molecule has 3 nitrogen and oxygen atoms in total. The van der Waals surface area contributed by atoms with E-state index >= 15 is 0 Å². The van der Waals surface area contributed by atoms with Gasteiger partial charge in [0.1, 0.15) is 6.04 Å². The van der Waals surface area contributed by atoms with Gasteiger partial charge in [0.25, 0.3) is 0 Å². The number of nitrogens with zero attached hydrogens (tertiary/aromatic N) is 3. The summed E-state index contributed by atoms with van der Waals surface area (Å²) in [4.78, 5) is 4.88. The number of nitriles is 1. The van der Waals surface area contributed by atoms with E-state index in [0.29, 0.717) is 6.04 Å². The summed E-state index contributed by atoms with van der Waals surface area (Å²) in [5.41, 5.74) is 2.46. The first-order valence-corrected chi connectivity index (χ1v) is 8.20. The van der Waals surface area contributed by atoms with Crippen LogP contribution in [0.4, 0.5) is 0 Å². The molecule has 0 radical (unpaired) electrons. The molecule has 0 bridgehead atoms. The van der Waals surface area contributed by atoms with Gasteiger partial charge < -0.3 is 0 Å². The van der Waals surface area contributed by atoms with Crippen molar-refractivity contribution in [2.75, 3.05) is 26.2 Å². The maximum Gasteiger partial charge on any atom is 0.123 e. The van der Waals surface area contributed by atoms with Gasteiger partial charge in [-0.1, -0.05) is 45.0 Å². The van der Waals surface area contributed by atoms with Crippen molar-refractivity contribution >= 4 is 0 Å². The summed E-state index contributed by atoms with van der Waals surface area (Å²) >= 11 is 0. The minimum Gasteiger partial charge on any atom is -0.298 e. The second-order valence-corrected chi connectivity index (χ2v) is 5.81. The zero-order chi connectivity index (χ0) is 15.2. The highest BCUT2D eigenvalue weighted by atomic mass is 15.3. The maximum absolute atomic E-state index is 9.63. The van der Waals surface area contributed by atoms with Crippen LogP contribution < -0.4 is 0 Å². The molecule has 1 aromatic carbocycles. The first-order chi connectivity index (χ1) is 10.2. The second-order valence-electron chi connectivity index (χ2n) is 5.81. The van der Waals surface area contributed by atoms with Crippen molar-refractivity contribution in [2.45, 2.75) is 45.7 Å². The lowest BCUT2D eigenvalue weighted by molar-refractivity contribution is 0.0623. The molecule has 2 unspecified atom stereocenters. The van der Waals surface area contributed by atoms with Crippen molar-refractivity contribution in [3.8, 4) is 6.07 Å². The molecule has 2 atom stereocenters. The Morgan fingerprint density at radius 2 is 1.90 bits per heavy atom. The van der Waals surface area contributed by atoms with Gasteiger partial charge in [-0.25, -0.2) is 0 Å². The van der Waals surface area contributed by atoms with Crippen LogP contribution in [0.3, 0.4) is 0 Å². The first-order valence-electron chi connectivity index (χ1n) is 8.20. The van der Waals surface area contributed by atoms with E-state index in [1.54, 1.807) is 0 Å². The molecule has 1 aliphatic rings. The third-order valence-electron chi connectivity index (χ3n) is 4.70. The van der Waals surface area contributed by atoms with Gasteiger partial charge >= 0.3 is 0 Å². The summed E-state index contributed by atoms with van der Waals surface area (Å²) in [6.45, 7) is 10.8. The van der Waals surface area contributed by atoms with Gasteiger partial charge in [-0.05, 0) is 30.5 Å². The predicted octanol–water partition coefficient (Wildman–Crippen LogP) is 3.23. The van der Waals surface area contributed by atoms with E-state index in [0.717, 1.165) is 44.6 Å². The van der Waals surface area contributed by atoms with Gasteiger partial charge in [-0.15, -0.1) is 0 Å². The third kappa shape index (κ3) is 3.64. The highest BCUT2D eigenvalue weighted by molar-refractivity contribution is 5.28. The third-order valence-corrected chi connectivity index (χ3v) is 4.70. The molecule has 1 saturated heterocycles. The Balaban J connectivity index is 2.12. The van der Waals surface area contributed by atoms with Crippen LogP contribution in [0, 0.1) is 11.3 Å². The van der Waals surface area contributed by atoms with Crippen LogP contribution in [0.1, 0.15) is 44.4 Å². The van der Waals surface area contributed by atoms with Crippen LogP contribution in [0.25, 0.3) is 0 Å². The summed E-state index contributed by atoms with van der Waals surface area (Å²) in [6.07, 6.45) is 2.20. The zero-order valence-electron chi connectivity index (χ0n) is 13.5. The van der Waals surface area contributed by atoms with E-state index in [9.17, 15) is 5.26 Å². The quantitative estimate of drug-likeness (QED) is 0.832. The highest BCUT2D eigenvalue weighted by Crippen LogP contribution is 2.24. The number of likely N-dealkylation sites (N-methyl/N-ethyl adjacent to an activating group) is 1. The van der Waals surface area contributed by atoms with Crippen molar-refractivity contribution in [3.05, 3.63) is 35.4 Å². The van der Waals surface area contributed by atoms with Crippen molar-refractivity contribution in [1.82, 2.24) is 9.80 Å². The van der Waals surface area contributed by atoms with Crippen LogP contribution >= 0.6 is 0 Å². The molecule has 0 aliphatic carbocycles. The van der Waals surface area contributed by atoms with Gasteiger partial charge in [0.2, 0.25) is 0 Å². The monoisotopic (exact) mass is 285 g/mol. The molecule has 21 heavy (non-hydrogen) atoms. The summed E-state index contributed by atoms with van der Waals surface area (Å²) in [5, 5.41) is 9.63. The van der Waals surface area contributed by atoms with Crippen molar-refractivity contribution in [1.29, 1.82) is 5.26 Å². The normalized spacial score (nSPS) is 21.9. The number of aryl methyl sites for hydroxylation is 1. The number of hydrogen-bond acceptors (Lipinski definition) is 3. The lowest BCUT2D eigenvalue weighted by atomic mass is 10.0. The smallest absolute Gasteiger partial charge is 0.123 e.